The lowest BCUT2D eigenvalue weighted by Crippen LogP contribution is -2.46. The molecular formula is C23H20N2O4. The van der Waals surface area contributed by atoms with Crippen LogP contribution in [0.1, 0.15) is 30.8 Å². The number of esters is 2. The summed E-state index contributed by atoms with van der Waals surface area (Å²) in [5.41, 5.74) is 1.32. The van der Waals surface area contributed by atoms with Crippen LogP contribution in [-0.2, 0) is 24.5 Å². The largest absolute Gasteiger partial charge is 0.465 e. The predicted octanol–water partition coefficient (Wildman–Crippen LogP) is 3.55. The van der Waals surface area contributed by atoms with Crippen LogP contribution in [0.25, 0.3) is 22.7 Å². The zero-order valence-electron chi connectivity index (χ0n) is 16.2. The van der Waals surface area contributed by atoms with Gasteiger partial charge in [0.15, 0.2) is 0 Å². The van der Waals surface area contributed by atoms with Crippen molar-refractivity contribution in [1.29, 1.82) is 0 Å². The Balaban J connectivity index is 2.05. The molecule has 146 valence electrons. The molecule has 0 amide bonds. The molecule has 6 heteroatoms. The van der Waals surface area contributed by atoms with Crippen LogP contribution in [0.5, 0.6) is 0 Å². The van der Waals surface area contributed by atoms with Crippen LogP contribution in [0.2, 0.25) is 0 Å². The first-order valence-electron chi connectivity index (χ1n) is 9.52. The number of rotatable bonds is 5. The summed E-state index contributed by atoms with van der Waals surface area (Å²) < 4.78 is 10.7. The van der Waals surface area contributed by atoms with E-state index in [-0.39, 0.29) is 18.9 Å². The molecule has 0 radical (unpaired) electrons. The first kappa shape index (κ1) is 18.8. The van der Waals surface area contributed by atoms with E-state index in [2.05, 4.69) is 9.97 Å². The summed E-state index contributed by atoms with van der Waals surface area (Å²) in [4.78, 5) is 36.0. The van der Waals surface area contributed by atoms with Crippen molar-refractivity contribution in [3.8, 4) is 0 Å². The highest BCUT2D eigenvalue weighted by atomic mass is 16.6. The van der Waals surface area contributed by atoms with Gasteiger partial charge in [0.2, 0.25) is 5.41 Å². The number of carbonyl (C=O) groups excluding carboxylic acids is 2. The molecule has 1 aliphatic rings. The summed E-state index contributed by atoms with van der Waals surface area (Å²) in [5.74, 6) is -1.42. The van der Waals surface area contributed by atoms with Gasteiger partial charge in [-0.05, 0) is 43.2 Å². The second-order valence-corrected chi connectivity index (χ2v) is 6.56. The summed E-state index contributed by atoms with van der Waals surface area (Å²) in [7, 11) is 0. The summed E-state index contributed by atoms with van der Waals surface area (Å²) >= 11 is 0. The third-order valence-electron chi connectivity index (χ3n) is 4.89. The van der Waals surface area contributed by atoms with Gasteiger partial charge in [-0.3, -0.25) is 9.59 Å². The second-order valence-electron chi connectivity index (χ2n) is 6.56. The molecule has 0 bridgehead atoms. The Morgan fingerprint density at radius 3 is 1.97 bits per heavy atom. The molecule has 1 aromatic heterocycles. The van der Waals surface area contributed by atoms with E-state index in [1.54, 1.807) is 26.0 Å². The number of carbonyl (C=O) groups is 2. The highest BCUT2D eigenvalue weighted by Gasteiger charge is 2.59. The average molecular weight is 388 g/mol. The highest BCUT2D eigenvalue weighted by molar-refractivity contribution is 6.23. The Morgan fingerprint density at radius 1 is 0.828 bits per heavy atom. The SMILES string of the molecule is CCOC(=O)C1(C(=O)OCC)C(c2ccccc2)=Cc2nc3ccccc3nc21. The van der Waals surface area contributed by atoms with E-state index in [0.29, 0.717) is 27.9 Å². The first-order chi connectivity index (χ1) is 14.1. The van der Waals surface area contributed by atoms with E-state index in [1.165, 1.54) is 0 Å². The van der Waals surface area contributed by atoms with E-state index < -0.39 is 17.4 Å². The van der Waals surface area contributed by atoms with Crippen molar-refractivity contribution in [2.24, 2.45) is 0 Å². The molecule has 0 atom stereocenters. The van der Waals surface area contributed by atoms with Crippen LogP contribution >= 0.6 is 0 Å². The van der Waals surface area contributed by atoms with Gasteiger partial charge in [0, 0.05) is 0 Å². The third kappa shape index (κ3) is 2.88. The number of nitrogens with zero attached hydrogens (tertiary/aromatic N) is 2. The Hall–Kier alpha value is -3.54. The van der Waals surface area contributed by atoms with Crippen molar-refractivity contribution in [3.63, 3.8) is 0 Å². The minimum absolute atomic E-state index is 0.123. The number of hydrogen-bond donors (Lipinski definition) is 0. The monoisotopic (exact) mass is 388 g/mol. The van der Waals surface area contributed by atoms with Crippen LogP contribution in [0.15, 0.2) is 54.6 Å². The lowest BCUT2D eigenvalue weighted by Gasteiger charge is -2.28. The Bertz CT molecular complexity index is 1100. The van der Waals surface area contributed by atoms with Crippen LogP contribution in [0.4, 0.5) is 0 Å². The zero-order valence-corrected chi connectivity index (χ0v) is 16.2. The molecule has 3 aromatic rings. The molecule has 1 aliphatic carbocycles. The summed E-state index contributed by atoms with van der Waals surface area (Å²) in [6.45, 7) is 3.64. The molecule has 0 aliphatic heterocycles. The molecule has 6 nitrogen and oxygen atoms in total. The fourth-order valence-electron chi connectivity index (χ4n) is 3.66. The number of benzene rings is 2. The number of hydrogen-bond acceptors (Lipinski definition) is 6. The van der Waals surface area contributed by atoms with Crippen LogP contribution in [-0.4, -0.2) is 35.1 Å². The maximum Gasteiger partial charge on any atom is 0.334 e. The topological polar surface area (TPSA) is 78.4 Å². The lowest BCUT2D eigenvalue weighted by molar-refractivity contribution is -0.161. The molecule has 1 heterocycles. The second kappa shape index (κ2) is 7.47. The summed E-state index contributed by atoms with van der Waals surface area (Å²) in [5, 5.41) is 0. The maximum absolute atomic E-state index is 13.3. The van der Waals surface area contributed by atoms with Crippen molar-refractivity contribution in [2.45, 2.75) is 19.3 Å². The quantitative estimate of drug-likeness (QED) is 0.491. The van der Waals surface area contributed by atoms with Crippen molar-refractivity contribution in [1.82, 2.24) is 9.97 Å². The summed E-state index contributed by atoms with van der Waals surface area (Å²) in [6.07, 6.45) is 1.73. The molecule has 0 saturated carbocycles. The van der Waals surface area contributed by atoms with Crippen LogP contribution in [0.3, 0.4) is 0 Å². The molecule has 0 spiro atoms. The van der Waals surface area contributed by atoms with E-state index in [9.17, 15) is 9.59 Å². The maximum atomic E-state index is 13.3. The van der Waals surface area contributed by atoms with Crippen molar-refractivity contribution >= 4 is 34.6 Å². The Labute approximate surface area is 168 Å². The van der Waals surface area contributed by atoms with E-state index in [4.69, 9.17) is 9.47 Å². The molecule has 0 fully saturated rings. The normalized spacial score (nSPS) is 14.2. The van der Waals surface area contributed by atoms with Gasteiger partial charge in [-0.25, -0.2) is 9.97 Å². The van der Waals surface area contributed by atoms with Crippen LogP contribution < -0.4 is 0 Å². The van der Waals surface area contributed by atoms with Gasteiger partial charge >= 0.3 is 11.9 Å². The van der Waals surface area contributed by atoms with Gasteiger partial charge in [-0.2, -0.15) is 0 Å². The predicted molar refractivity (Wildman–Crippen MR) is 109 cm³/mol. The van der Waals surface area contributed by atoms with E-state index in [1.807, 2.05) is 48.5 Å². The first-order valence-corrected chi connectivity index (χ1v) is 9.52. The van der Waals surface area contributed by atoms with Gasteiger partial charge in [-0.1, -0.05) is 42.5 Å². The van der Waals surface area contributed by atoms with Gasteiger partial charge in [0.1, 0.15) is 5.69 Å². The van der Waals surface area contributed by atoms with Crippen molar-refractivity contribution in [3.05, 3.63) is 71.5 Å². The minimum Gasteiger partial charge on any atom is -0.465 e. The molecule has 0 N–H and O–H groups in total. The zero-order chi connectivity index (χ0) is 20.4. The van der Waals surface area contributed by atoms with Gasteiger partial charge in [0.25, 0.3) is 0 Å². The number of fused-ring (bicyclic) bond motifs is 2. The standard InChI is InChI=1S/C23H20N2O4/c1-3-28-21(26)23(22(27)29-4-2)16(15-10-6-5-7-11-15)14-19-20(23)25-18-13-9-8-12-17(18)24-19/h5-14H,3-4H2,1-2H3. The number of aromatic nitrogens is 2. The average Bonchev–Trinajstić information content (AvgIpc) is 3.08. The van der Waals surface area contributed by atoms with Crippen molar-refractivity contribution < 1.29 is 19.1 Å². The number of ether oxygens (including phenoxy) is 2. The molecular weight excluding hydrogens is 368 g/mol. The third-order valence-corrected chi connectivity index (χ3v) is 4.89. The van der Waals surface area contributed by atoms with Gasteiger partial charge < -0.3 is 9.47 Å². The molecule has 29 heavy (non-hydrogen) atoms. The fourth-order valence-corrected chi connectivity index (χ4v) is 3.66. The molecule has 0 saturated heterocycles. The molecule has 4 rings (SSSR count). The van der Waals surface area contributed by atoms with E-state index >= 15 is 0 Å². The lowest BCUT2D eigenvalue weighted by atomic mass is 9.77. The smallest absolute Gasteiger partial charge is 0.334 e. The summed E-state index contributed by atoms with van der Waals surface area (Å²) in [6, 6.07) is 16.6. The molecule has 0 unspecified atom stereocenters. The van der Waals surface area contributed by atoms with Gasteiger partial charge in [0.05, 0.1) is 29.9 Å². The Kier molecular flexibility index (Phi) is 4.84. The minimum atomic E-state index is -1.82. The van der Waals surface area contributed by atoms with Crippen molar-refractivity contribution in [2.75, 3.05) is 13.2 Å². The number of para-hydroxylation sites is 2. The Morgan fingerprint density at radius 2 is 1.38 bits per heavy atom. The van der Waals surface area contributed by atoms with E-state index in [0.717, 1.165) is 0 Å². The van der Waals surface area contributed by atoms with Crippen LogP contribution in [0, 0.1) is 0 Å². The van der Waals surface area contributed by atoms with Gasteiger partial charge in [-0.15, -0.1) is 0 Å². The highest BCUT2D eigenvalue weighted by Crippen LogP contribution is 2.48. The fraction of sp³-hybridized carbons (Fsp3) is 0.217. The molecule has 2 aromatic carbocycles.